The van der Waals surface area contributed by atoms with E-state index in [9.17, 15) is 0 Å². The van der Waals surface area contributed by atoms with E-state index >= 15 is 0 Å². The third kappa shape index (κ3) is 2.77. The van der Waals surface area contributed by atoms with E-state index < -0.39 is 0 Å². The van der Waals surface area contributed by atoms with Crippen LogP contribution in [0.25, 0.3) is 5.70 Å². The van der Waals surface area contributed by atoms with Gasteiger partial charge in [-0.3, -0.25) is 0 Å². The Hall–Kier alpha value is -2.48. The molecule has 2 atom stereocenters. The molecule has 0 aromatic heterocycles. The molecule has 2 aliphatic rings. The Balaban J connectivity index is 1.56. The predicted octanol–water partition coefficient (Wildman–Crippen LogP) is 4.66. The highest BCUT2D eigenvalue weighted by Gasteiger charge is 2.33. The molecule has 2 unspecified atom stereocenters. The van der Waals surface area contributed by atoms with E-state index in [-0.39, 0.29) is 12.1 Å². The lowest BCUT2D eigenvalue weighted by atomic mass is 9.99. The number of hydrogen-bond donors (Lipinski definition) is 1. The lowest BCUT2D eigenvalue weighted by Gasteiger charge is -2.21. The molecule has 0 spiro atoms. The van der Waals surface area contributed by atoms with E-state index in [1.807, 2.05) is 6.07 Å². The van der Waals surface area contributed by atoms with Crippen molar-refractivity contribution in [2.45, 2.75) is 32.4 Å². The molecule has 2 heteroatoms. The van der Waals surface area contributed by atoms with Gasteiger partial charge in [-0.25, -0.2) is 0 Å². The largest absolute Gasteiger partial charge is 0.488 e. The van der Waals surface area contributed by atoms with E-state index in [4.69, 9.17) is 4.74 Å². The van der Waals surface area contributed by atoms with Crippen LogP contribution in [0.3, 0.4) is 0 Å². The topological polar surface area (TPSA) is 21.3 Å². The van der Waals surface area contributed by atoms with Crippen LogP contribution in [0.1, 0.15) is 34.8 Å². The van der Waals surface area contributed by atoms with Crippen LogP contribution in [0.2, 0.25) is 0 Å². The Morgan fingerprint density at radius 1 is 0.957 bits per heavy atom. The molecule has 0 aliphatic carbocycles. The van der Waals surface area contributed by atoms with Gasteiger partial charge in [0.2, 0.25) is 0 Å². The minimum absolute atomic E-state index is 0.145. The first-order valence-corrected chi connectivity index (χ1v) is 8.18. The van der Waals surface area contributed by atoms with Gasteiger partial charge in [0, 0.05) is 12.1 Å². The molecule has 1 N–H and O–H groups in total. The van der Waals surface area contributed by atoms with Gasteiger partial charge < -0.3 is 10.1 Å². The molecular weight excluding hydrogens is 282 g/mol. The van der Waals surface area contributed by atoms with E-state index in [1.165, 1.54) is 28.0 Å². The minimum atomic E-state index is 0.145. The fourth-order valence-electron chi connectivity index (χ4n) is 3.49. The number of ether oxygens (including phenoxy) is 1. The molecule has 23 heavy (non-hydrogen) atoms. The highest BCUT2D eigenvalue weighted by Crippen LogP contribution is 2.38. The number of nitrogens with one attached hydrogen (secondary N) is 1. The standard InChI is InChI=1S/C21H21NO/c1-14-10-15(2)12-17(11-14)18-8-9-20-19(22-18)13-21(23-20)16-6-4-3-5-7-16/h3-12,19,21-22H,13H2,1-2H3. The maximum absolute atomic E-state index is 6.14. The molecule has 2 aromatic rings. The number of allylic oxidation sites excluding steroid dienone is 2. The minimum Gasteiger partial charge on any atom is -0.488 e. The summed E-state index contributed by atoms with van der Waals surface area (Å²) in [7, 11) is 0. The van der Waals surface area contributed by atoms with Crippen molar-refractivity contribution in [3.63, 3.8) is 0 Å². The van der Waals surface area contributed by atoms with Crippen molar-refractivity contribution in [3.8, 4) is 0 Å². The summed E-state index contributed by atoms with van der Waals surface area (Å²) in [5.74, 6) is 1.05. The van der Waals surface area contributed by atoms with E-state index in [1.54, 1.807) is 0 Å². The second kappa shape index (κ2) is 5.62. The number of aryl methyl sites for hydroxylation is 2. The molecule has 0 amide bonds. The summed E-state index contributed by atoms with van der Waals surface area (Å²) in [6, 6.07) is 17.4. The van der Waals surface area contributed by atoms with Crippen LogP contribution in [0.15, 0.2) is 66.4 Å². The van der Waals surface area contributed by atoms with Gasteiger partial charge in [0.25, 0.3) is 0 Å². The lowest BCUT2D eigenvalue weighted by molar-refractivity contribution is 0.162. The molecule has 1 fully saturated rings. The molecule has 0 saturated carbocycles. The molecule has 116 valence electrons. The van der Waals surface area contributed by atoms with Gasteiger partial charge in [-0.15, -0.1) is 0 Å². The summed E-state index contributed by atoms with van der Waals surface area (Å²) in [6.07, 6.45) is 5.37. The van der Waals surface area contributed by atoms with Crippen molar-refractivity contribution in [2.75, 3.05) is 0 Å². The highest BCUT2D eigenvalue weighted by molar-refractivity contribution is 5.69. The van der Waals surface area contributed by atoms with E-state index in [0.717, 1.165) is 12.2 Å². The molecule has 4 rings (SSSR count). The average Bonchev–Trinajstić information content (AvgIpc) is 2.98. The Kier molecular flexibility index (Phi) is 3.45. The van der Waals surface area contributed by atoms with Crippen molar-refractivity contribution in [2.24, 2.45) is 0 Å². The second-order valence-electron chi connectivity index (χ2n) is 6.48. The van der Waals surface area contributed by atoms with Crippen LogP contribution in [-0.2, 0) is 4.74 Å². The third-order valence-electron chi connectivity index (χ3n) is 4.52. The maximum Gasteiger partial charge on any atom is 0.126 e. The normalized spacial score (nSPS) is 22.5. The number of dihydropyridines is 1. The lowest BCUT2D eigenvalue weighted by Crippen LogP contribution is -2.28. The van der Waals surface area contributed by atoms with Crippen molar-refractivity contribution in [1.29, 1.82) is 0 Å². The summed E-state index contributed by atoms with van der Waals surface area (Å²) in [4.78, 5) is 0. The molecule has 0 radical (unpaired) electrons. The monoisotopic (exact) mass is 303 g/mol. The van der Waals surface area contributed by atoms with Crippen molar-refractivity contribution >= 4 is 5.70 Å². The predicted molar refractivity (Wildman–Crippen MR) is 93.8 cm³/mol. The first-order chi connectivity index (χ1) is 11.2. The smallest absolute Gasteiger partial charge is 0.126 e. The molecule has 0 bridgehead atoms. The number of fused-ring (bicyclic) bond motifs is 1. The van der Waals surface area contributed by atoms with Crippen LogP contribution in [-0.4, -0.2) is 6.04 Å². The average molecular weight is 303 g/mol. The third-order valence-corrected chi connectivity index (χ3v) is 4.52. The molecule has 2 heterocycles. The first-order valence-electron chi connectivity index (χ1n) is 8.18. The quantitative estimate of drug-likeness (QED) is 0.871. The molecule has 2 nitrogen and oxygen atoms in total. The summed E-state index contributed by atoms with van der Waals surface area (Å²) in [5, 5.41) is 3.65. The van der Waals surface area contributed by atoms with Crippen molar-refractivity contribution < 1.29 is 4.74 Å². The van der Waals surface area contributed by atoms with Crippen LogP contribution < -0.4 is 5.32 Å². The van der Waals surface area contributed by atoms with Crippen LogP contribution in [0.5, 0.6) is 0 Å². The van der Waals surface area contributed by atoms with Gasteiger partial charge >= 0.3 is 0 Å². The number of rotatable bonds is 2. The molecular formula is C21H21NO. The summed E-state index contributed by atoms with van der Waals surface area (Å²) < 4.78 is 6.14. The Morgan fingerprint density at radius 2 is 1.70 bits per heavy atom. The summed E-state index contributed by atoms with van der Waals surface area (Å²) in [5.41, 5.74) is 6.27. The Bertz CT molecular complexity index is 768. The summed E-state index contributed by atoms with van der Waals surface area (Å²) >= 11 is 0. The maximum atomic E-state index is 6.14. The van der Waals surface area contributed by atoms with Gasteiger partial charge in [0.1, 0.15) is 11.9 Å². The van der Waals surface area contributed by atoms with Crippen molar-refractivity contribution in [3.05, 3.63) is 88.7 Å². The number of benzene rings is 2. The Labute approximate surface area is 137 Å². The van der Waals surface area contributed by atoms with Crippen LogP contribution >= 0.6 is 0 Å². The van der Waals surface area contributed by atoms with Gasteiger partial charge in [0.15, 0.2) is 0 Å². The fraction of sp³-hybridized carbons (Fsp3) is 0.238. The Morgan fingerprint density at radius 3 is 2.43 bits per heavy atom. The highest BCUT2D eigenvalue weighted by atomic mass is 16.5. The fourth-order valence-corrected chi connectivity index (χ4v) is 3.49. The zero-order chi connectivity index (χ0) is 15.8. The summed E-state index contributed by atoms with van der Waals surface area (Å²) in [6.45, 7) is 4.29. The van der Waals surface area contributed by atoms with E-state index in [2.05, 4.69) is 73.8 Å². The molecule has 2 aliphatic heterocycles. The zero-order valence-electron chi connectivity index (χ0n) is 13.5. The van der Waals surface area contributed by atoms with Gasteiger partial charge in [0.05, 0.1) is 6.04 Å². The van der Waals surface area contributed by atoms with Crippen LogP contribution in [0, 0.1) is 13.8 Å². The molecule has 1 saturated heterocycles. The zero-order valence-corrected chi connectivity index (χ0v) is 13.5. The SMILES string of the molecule is Cc1cc(C)cc(C2=CC=C3OC(c4ccccc4)CC3N2)c1. The van der Waals surface area contributed by atoms with Gasteiger partial charge in [-0.05, 0) is 49.3 Å². The first kappa shape index (κ1) is 14.1. The van der Waals surface area contributed by atoms with Gasteiger partial charge in [-0.2, -0.15) is 0 Å². The second-order valence-corrected chi connectivity index (χ2v) is 6.48. The number of hydrogen-bond acceptors (Lipinski definition) is 2. The van der Waals surface area contributed by atoms with Crippen molar-refractivity contribution in [1.82, 2.24) is 5.32 Å². The van der Waals surface area contributed by atoms with Gasteiger partial charge in [-0.1, -0.05) is 47.5 Å². The molecule has 2 aromatic carbocycles. The van der Waals surface area contributed by atoms with E-state index in [0.29, 0.717) is 0 Å². The van der Waals surface area contributed by atoms with Crippen LogP contribution in [0.4, 0.5) is 0 Å².